The molecule has 3 heteroatoms. The standard InChI is InChI=1S/C14H15BrOS/c15-9-5-1-2-7-12(16)14-10-11-6-3-4-8-13(11)17-14/h3-4,6,8,10H,1-2,5,7,9H2. The number of halogens is 1. The number of ketones is 1. The summed E-state index contributed by atoms with van der Waals surface area (Å²) >= 11 is 5.01. The van der Waals surface area contributed by atoms with Crippen LogP contribution < -0.4 is 0 Å². The second-order valence-corrected chi connectivity index (χ2v) is 5.95. The summed E-state index contributed by atoms with van der Waals surface area (Å²) in [6, 6.07) is 10.2. The van der Waals surface area contributed by atoms with Gasteiger partial charge in [-0.15, -0.1) is 11.3 Å². The summed E-state index contributed by atoms with van der Waals surface area (Å²) in [6.45, 7) is 0. The Morgan fingerprint density at radius 3 is 2.76 bits per heavy atom. The third-order valence-corrected chi connectivity index (χ3v) is 4.46. The molecule has 0 spiro atoms. The largest absolute Gasteiger partial charge is 0.293 e. The molecule has 0 saturated carbocycles. The van der Waals surface area contributed by atoms with Gasteiger partial charge in [-0.25, -0.2) is 0 Å². The highest BCUT2D eigenvalue weighted by molar-refractivity contribution is 9.09. The lowest BCUT2D eigenvalue weighted by Gasteiger charge is -1.97. The van der Waals surface area contributed by atoms with E-state index in [-0.39, 0.29) is 0 Å². The fraction of sp³-hybridized carbons (Fsp3) is 0.357. The van der Waals surface area contributed by atoms with Crippen molar-refractivity contribution in [2.75, 3.05) is 5.33 Å². The number of Topliss-reactive ketones (excluding diaryl/α,β-unsaturated/α-hetero) is 1. The van der Waals surface area contributed by atoms with Gasteiger partial charge in [0.15, 0.2) is 5.78 Å². The van der Waals surface area contributed by atoms with E-state index in [2.05, 4.69) is 28.1 Å². The normalized spacial score (nSPS) is 10.9. The van der Waals surface area contributed by atoms with Crippen LogP contribution in [0.5, 0.6) is 0 Å². The molecular formula is C14H15BrOS. The second kappa shape index (κ2) is 6.31. The molecule has 17 heavy (non-hydrogen) atoms. The average molecular weight is 311 g/mol. The summed E-state index contributed by atoms with van der Waals surface area (Å²) in [5.41, 5.74) is 0. The quantitative estimate of drug-likeness (QED) is 0.415. The van der Waals surface area contributed by atoms with E-state index in [0.717, 1.165) is 29.5 Å². The molecule has 0 fully saturated rings. The minimum atomic E-state index is 0.292. The van der Waals surface area contributed by atoms with Crippen LogP contribution in [-0.2, 0) is 0 Å². The maximum absolute atomic E-state index is 12.0. The molecule has 1 heterocycles. The summed E-state index contributed by atoms with van der Waals surface area (Å²) in [5.74, 6) is 0.292. The molecule has 2 rings (SSSR count). The van der Waals surface area contributed by atoms with Gasteiger partial charge >= 0.3 is 0 Å². The molecule has 2 aromatic rings. The number of carbonyl (C=O) groups is 1. The highest BCUT2D eigenvalue weighted by Crippen LogP contribution is 2.26. The number of unbranched alkanes of at least 4 members (excludes halogenated alkanes) is 2. The van der Waals surface area contributed by atoms with Crippen molar-refractivity contribution in [3.05, 3.63) is 35.2 Å². The molecule has 0 aliphatic carbocycles. The Morgan fingerprint density at radius 2 is 2.00 bits per heavy atom. The predicted molar refractivity (Wildman–Crippen MR) is 78.4 cm³/mol. The highest BCUT2D eigenvalue weighted by Gasteiger charge is 2.09. The van der Waals surface area contributed by atoms with E-state index in [0.29, 0.717) is 12.2 Å². The molecular weight excluding hydrogens is 296 g/mol. The van der Waals surface area contributed by atoms with E-state index >= 15 is 0 Å². The van der Waals surface area contributed by atoms with Crippen LogP contribution >= 0.6 is 27.3 Å². The third-order valence-electron chi connectivity index (χ3n) is 2.74. The molecule has 1 aromatic carbocycles. The van der Waals surface area contributed by atoms with E-state index in [1.165, 1.54) is 10.1 Å². The van der Waals surface area contributed by atoms with E-state index in [4.69, 9.17) is 0 Å². The van der Waals surface area contributed by atoms with Crippen LogP contribution in [0.25, 0.3) is 10.1 Å². The Bertz CT molecular complexity index is 471. The van der Waals surface area contributed by atoms with Crippen molar-refractivity contribution >= 4 is 43.1 Å². The molecule has 0 saturated heterocycles. The number of rotatable bonds is 6. The van der Waals surface area contributed by atoms with Crippen molar-refractivity contribution in [1.82, 2.24) is 0 Å². The summed E-state index contributed by atoms with van der Waals surface area (Å²) in [7, 11) is 0. The maximum Gasteiger partial charge on any atom is 0.172 e. The van der Waals surface area contributed by atoms with Gasteiger partial charge in [-0.3, -0.25) is 4.79 Å². The van der Waals surface area contributed by atoms with Gasteiger partial charge in [-0.1, -0.05) is 40.5 Å². The van der Waals surface area contributed by atoms with E-state index in [1.54, 1.807) is 11.3 Å². The van der Waals surface area contributed by atoms with Crippen molar-refractivity contribution in [3.8, 4) is 0 Å². The Morgan fingerprint density at radius 1 is 1.18 bits per heavy atom. The first-order valence-corrected chi connectivity index (χ1v) is 7.83. The van der Waals surface area contributed by atoms with Crippen LogP contribution in [0.1, 0.15) is 35.4 Å². The Kier molecular flexibility index (Phi) is 4.75. The van der Waals surface area contributed by atoms with Crippen molar-refractivity contribution < 1.29 is 4.79 Å². The smallest absolute Gasteiger partial charge is 0.172 e. The maximum atomic E-state index is 12.0. The Hall–Kier alpha value is -0.670. The minimum absolute atomic E-state index is 0.292. The molecule has 0 N–H and O–H groups in total. The van der Waals surface area contributed by atoms with Crippen LogP contribution in [0.4, 0.5) is 0 Å². The van der Waals surface area contributed by atoms with Gasteiger partial charge in [-0.05, 0) is 30.4 Å². The van der Waals surface area contributed by atoms with E-state index in [9.17, 15) is 4.79 Å². The number of thiophene rings is 1. The number of hydrogen-bond acceptors (Lipinski definition) is 2. The predicted octanol–water partition coefficient (Wildman–Crippen LogP) is 5.04. The molecule has 1 aromatic heterocycles. The first-order valence-electron chi connectivity index (χ1n) is 5.89. The molecule has 0 aliphatic rings. The molecule has 0 atom stereocenters. The number of benzene rings is 1. The van der Waals surface area contributed by atoms with Crippen LogP contribution in [-0.4, -0.2) is 11.1 Å². The van der Waals surface area contributed by atoms with Crippen LogP contribution in [0.2, 0.25) is 0 Å². The first kappa shape index (κ1) is 12.8. The molecule has 0 radical (unpaired) electrons. The Balaban J connectivity index is 1.99. The Labute approximate surface area is 114 Å². The third kappa shape index (κ3) is 3.39. The first-order chi connectivity index (χ1) is 8.31. The number of carbonyl (C=O) groups excluding carboxylic acids is 1. The number of alkyl halides is 1. The van der Waals surface area contributed by atoms with Gasteiger partial charge in [0.1, 0.15) is 0 Å². The van der Waals surface area contributed by atoms with Gasteiger partial charge < -0.3 is 0 Å². The number of fused-ring (bicyclic) bond motifs is 1. The van der Waals surface area contributed by atoms with Gasteiger partial charge in [0, 0.05) is 16.5 Å². The monoisotopic (exact) mass is 310 g/mol. The van der Waals surface area contributed by atoms with Gasteiger partial charge in [0.05, 0.1) is 4.88 Å². The summed E-state index contributed by atoms with van der Waals surface area (Å²) in [5, 5.41) is 2.21. The topological polar surface area (TPSA) is 17.1 Å². The lowest BCUT2D eigenvalue weighted by atomic mass is 10.1. The second-order valence-electron chi connectivity index (χ2n) is 4.07. The van der Waals surface area contributed by atoms with Crippen LogP contribution in [0.3, 0.4) is 0 Å². The van der Waals surface area contributed by atoms with E-state index < -0.39 is 0 Å². The summed E-state index contributed by atoms with van der Waals surface area (Å²) < 4.78 is 1.20. The summed E-state index contributed by atoms with van der Waals surface area (Å²) in [6.07, 6.45) is 3.96. The zero-order valence-corrected chi connectivity index (χ0v) is 12.0. The van der Waals surface area contributed by atoms with Gasteiger partial charge in [0.25, 0.3) is 0 Å². The fourth-order valence-corrected chi connectivity index (χ4v) is 3.23. The van der Waals surface area contributed by atoms with Crippen LogP contribution in [0.15, 0.2) is 30.3 Å². The fourth-order valence-electron chi connectivity index (χ4n) is 1.80. The number of hydrogen-bond donors (Lipinski definition) is 0. The average Bonchev–Trinajstić information content (AvgIpc) is 2.78. The molecule has 90 valence electrons. The van der Waals surface area contributed by atoms with Crippen molar-refractivity contribution in [2.24, 2.45) is 0 Å². The van der Waals surface area contributed by atoms with Gasteiger partial charge in [-0.2, -0.15) is 0 Å². The lowest BCUT2D eigenvalue weighted by molar-refractivity contribution is 0.0983. The minimum Gasteiger partial charge on any atom is -0.293 e. The molecule has 0 bridgehead atoms. The zero-order chi connectivity index (χ0) is 12.1. The lowest BCUT2D eigenvalue weighted by Crippen LogP contribution is -1.95. The molecule has 0 aliphatic heterocycles. The van der Waals surface area contributed by atoms with Crippen molar-refractivity contribution in [1.29, 1.82) is 0 Å². The molecule has 0 unspecified atom stereocenters. The van der Waals surface area contributed by atoms with Gasteiger partial charge in [0.2, 0.25) is 0 Å². The van der Waals surface area contributed by atoms with Crippen molar-refractivity contribution in [3.63, 3.8) is 0 Å². The highest BCUT2D eigenvalue weighted by atomic mass is 79.9. The summed E-state index contributed by atoms with van der Waals surface area (Å²) in [4.78, 5) is 12.9. The SMILES string of the molecule is O=C(CCCCCBr)c1cc2ccccc2s1. The van der Waals surface area contributed by atoms with Crippen molar-refractivity contribution in [2.45, 2.75) is 25.7 Å². The van der Waals surface area contributed by atoms with E-state index in [1.807, 2.05) is 18.2 Å². The molecule has 0 amide bonds. The van der Waals surface area contributed by atoms with Crippen LogP contribution in [0, 0.1) is 0 Å². The molecule has 1 nitrogen and oxygen atoms in total. The zero-order valence-electron chi connectivity index (χ0n) is 9.62.